The van der Waals surface area contributed by atoms with Crippen molar-refractivity contribution in [2.24, 2.45) is 5.73 Å². The van der Waals surface area contributed by atoms with Crippen molar-refractivity contribution in [1.29, 1.82) is 0 Å². The van der Waals surface area contributed by atoms with Crippen LogP contribution >= 0.6 is 11.6 Å². The van der Waals surface area contributed by atoms with Gasteiger partial charge in [0.2, 0.25) is 0 Å². The zero-order valence-electron chi connectivity index (χ0n) is 10.1. The third kappa shape index (κ3) is 3.21. The molecule has 1 rings (SSSR count). The summed E-state index contributed by atoms with van der Waals surface area (Å²) in [7, 11) is 0. The first kappa shape index (κ1) is 13.5. The van der Waals surface area contributed by atoms with Crippen molar-refractivity contribution in [2.45, 2.75) is 38.7 Å². The Balaban J connectivity index is 3.00. The molecule has 0 bridgehead atoms. The number of rotatable bonds is 3. The third-order valence-electron chi connectivity index (χ3n) is 2.63. The molecule has 0 fully saturated rings. The van der Waals surface area contributed by atoms with Gasteiger partial charge in [-0.1, -0.05) is 44.5 Å². The highest BCUT2D eigenvalue weighted by Gasteiger charge is 2.18. The maximum Gasteiger partial charge on any atom is 0.0802 e. The molecule has 0 heterocycles. The van der Waals surface area contributed by atoms with Crippen molar-refractivity contribution in [3.05, 3.63) is 34.3 Å². The van der Waals surface area contributed by atoms with Gasteiger partial charge in [-0.05, 0) is 35.6 Å². The molecular weight excluding hydrogens is 222 g/mol. The summed E-state index contributed by atoms with van der Waals surface area (Å²) in [5.74, 6) is 0. The molecule has 0 aliphatic carbocycles. The van der Waals surface area contributed by atoms with Gasteiger partial charge in [-0.15, -0.1) is 0 Å². The molecule has 1 atom stereocenters. The molecule has 90 valence electrons. The van der Waals surface area contributed by atoms with Crippen LogP contribution < -0.4 is 5.73 Å². The van der Waals surface area contributed by atoms with Gasteiger partial charge in [-0.25, -0.2) is 0 Å². The first-order valence-electron chi connectivity index (χ1n) is 5.54. The molecule has 0 amide bonds. The molecule has 1 unspecified atom stereocenters. The molecule has 0 aromatic heterocycles. The summed E-state index contributed by atoms with van der Waals surface area (Å²) in [5, 5.41) is 10.5. The fraction of sp³-hybridized carbons (Fsp3) is 0.538. The Labute approximate surface area is 102 Å². The Morgan fingerprint density at radius 2 is 2.00 bits per heavy atom. The maximum absolute atomic E-state index is 9.80. The van der Waals surface area contributed by atoms with Crippen LogP contribution in [0.2, 0.25) is 5.02 Å². The minimum Gasteiger partial charge on any atom is -0.388 e. The Bertz CT molecular complexity index is 357. The monoisotopic (exact) mass is 241 g/mol. The number of nitrogens with two attached hydrogens (primary N) is 1. The van der Waals surface area contributed by atoms with Crippen molar-refractivity contribution in [2.75, 3.05) is 6.54 Å². The van der Waals surface area contributed by atoms with Crippen molar-refractivity contribution in [3.63, 3.8) is 0 Å². The van der Waals surface area contributed by atoms with Gasteiger partial charge in [0, 0.05) is 5.02 Å². The predicted molar refractivity (Wildman–Crippen MR) is 68.8 cm³/mol. The number of aliphatic hydroxyl groups is 1. The predicted octanol–water partition coefficient (Wildman–Crippen LogP) is 3.02. The van der Waals surface area contributed by atoms with Crippen LogP contribution in [-0.4, -0.2) is 11.7 Å². The van der Waals surface area contributed by atoms with Crippen LogP contribution in [0.15, 0.2) is 18.2 Å². The second-order valence-corrected chi connectivity index (χ2v) is 5.49. The summed E-state index contributed by atoms with van der Waals surface area (Å²) in [6, 6.07) is 5.74. The minimum absolute atomic E-state index is 0.0223. The summed E-state index contributed by atoms with van der Waals surface area (Å²) >= 11 is 6.22. The third-order valence-corrected chi connectivity index (χ3v) is 2.94. The molecule has 1 aromatic carbocycles. The molecule has 2 nitrogen and oxygen atoms in total. The van der Waals surface area contributed by atoms with E-state index in [9.17, 15) is 5.11 Å². The van der Waals surface area contributed by atoms with Gasteiger partial charge >= 0.3 is 0 Å². The quantitative estimate of drug-likeness (QED) is 0.855. The number of hydrogen-bond acceptors (Lipinski definition) is 2. The van der Waals surface area contributed by atoms with Gasteiger partial charge < -0.3 is 10.8 Å². The minimum atomic E-state index is -0.517. The van der Waals surface area contributed by atoms with E-state index in [0.717, 1.165) is 11.1 Å². The molecule has 0 spiro atoms. The number of halogens is 1. The molecule has 0 saturated heterocycles. The zero-order valence-corrected chi connectivity index (χ0v) is 10.9. The van der Waals surface area contributed by atoms with E-state index >= 15 is 0 Å². The molecule has 0 aliphatic heterocycles. The van der Waals surface area contributed by atoms with E-state index in [0.29, 0.717) is 18.0 Å². The molecule has 16 heavy (non-hydrogen) atoms. The highest BCUT2D eigenvalue weighted by Crippen LogP contribution is 2.31. The van der Waals surface area contributed by atoms with E-state index in [2.05, 4.69) is 20.8 Å². The van der Waals surface area contributed by atoms with Crippen molar-refractivity contribution in [1.82, 2.24) is 0 Å². The fourth-order valence-electron chi connectivity index (χ4n) is 1.67. The van der Waals surface area contributed by atoms with Crippen molar-refractivity contribution >= 4 is 11.6 Å². The lowest BCUT2D eigenvalue weighted by molar-refractivity contribution is 0.170. The second-order valence-electron chi connectivity index (χ2n) is 5.08. The lowest BCUT2D eigenvalue weighted by Crippen LogP contribution is -2.13. The maximum atomic E-state index is 9.80. The Morgan fingerprint density at radius 3 is 2.44 bits per heavy atom. The zero-order chi connectivity index (χ0) is 12.3. The number of benzene rings is 1. The van der Waals surface area contributed by atoms with Crippen LogP contribution in [0.4, 0.5) is 0 Å². The van der Waals surface area contributed by atoms with Gasteiger partial charge in [-0.3, -0.25) is 0 Å². The molecule has 0 aliphatic rings. The molecule has 0 saturated carbocycles. The summed E-state index contributed by atoms with van der Waals surface area (Å²) in [6.45, 7) is 6.82. The van der Waals surface area contributed by atoms with Crippen LogP contribution in [0.3, 0.4) is 0 Å². The average molecular weight is 242 g/mol. The van der Waals surface area contributed by atoms with Crippen LogP contribution in [0.25, 0.3) is 0 Å². The molecule has 1 aromatic rings. The van der Waals surface area contributed by atoms with E-state index in [1.54, 1.807) is 0 Å². The van der Waals surface area contributed by atoms with Gasteiger partial charge in [0.05, 0.1) is 6.10 Å². The molecular formula is C13H20ClNO. The van der Waals surface area contributed by atoms with E-state index < -0.39 is 6.10 Å². The summed E-state index contributed by atoms with van der Waals surface area (Å²) in [6.07, 6.45) is 0.0436. The van der Waals surface area contributed by atoms with Crippen LogP contribution in [-0.2, 0) is 5.41 Å². The van der Waals surface area contributed by atoms with Gasteiger partial charge in [0.25, 0.3) is 0 Å². The largest absolute Gasteiger partial charge is 0.388 e. The van der Waals surface area contributed by atoms with Gasteiger partial charge in [0.15, 0.2) is 0 Å². The smallest absolute Gasteiger partial charge is 0.0802 e. The van der Waals surface area contributed by atoms with Crippen LogP contribution in [0.5, 0.6) is 0 Å². The van der Waals surface area contributed by atoms with E-state index in [1.165, 1.54) is 0 Å². The lowest BCUT2D eigenvalue weighted by atomic mass is 9.86. The molecule has 0 radical (unpaired) electrons. The first-order chi connectivity index (χ1) is 7.36. The van der Waals surface area contributed by atoms with E-state index in [4.69, 9.17) is 17.3 Å². The van der Waals surface area contributed by atoms with Gasteiger partial charge in [-0.2, -0.15) is 0 Å². The van der Waals surface area contributed by atoms with Gasteiger partial charge in [0.1, 0.15) is 0 Å². The van der Waals surface area contributed by atoms with Crippen LogP contribution in [0.1, 0.15) is 44.4 Å². The number of aliphatic hydroxyl groups excluding tert-OH is 1. The summed E-state index contributed by atoms with van der Waals surface area (Å²) in [5.41, 5.74) is 7.37. The Morgan fingerprint density at radius 1 is 1.38 bits per heavy atom. The summed E-state index contributed by atoms with van der Waals surface area (Å²) < 4.78 is 0. The van der Waals surface area contributed by atoms with E-state index in [-0.39, 0.29) is 5.41 Å². The van der Waals surface area contributed by atoms with Crippen molar-refractivity contribution in [3.8, 4) is 0 Å². The standard InChI is InChI=1S/C13H20ClNO/c1-13(2,3)10-5-4-9(8-11(10)14)12(16)6-7-15/h4-5,8,12,16H,6-7,15H2,1-3H3. The SMILES string of the molecule is CC(C)(C)c1ccc(C(O)CCN)cc1Cl. The first-order valence-corrected chi connectivity index (χ1v) is 5.92. The molecule has 3 heteroatoms. The van der Waals surface area contributed by atoms with Crippen molar-refractivity contribution < 1.29 is 5.11 Å². The highest BCUT2D eigenvalue weighted by molar-refractivity contribution is 6.31. The van der Waals surface area contributed by atoms with E-state index in [1.807, 2.05) is 18.2 Å². The molecule has 3 N–H and O–H groups in total. The average Bonchev–Trinajstić information content (AvgIpc) is 2.16. The van der Waals surface area contributed by atoms with Crippen LogP contribution in [0, 0.1) is 0 Å². The normalized spacial score (nSPS) is 13.9. The number of hydrogen-bond donors (Lipinski definition) is 2. The lowest BCUT2D eigenvalue weighted by Gasteiger charge is -2.21. The Kier molecular flexibility index (Phi) is 4.36. The second kappa shape index (κ2) is 5.17. The highest BCUT2D eigenvalue weighted by atomic mass is 35.5. The Hall–Kier alpha value is -0.570. The topological polar surface area (TPSA) is 46.2 Å². The summed E-state index contributed by atoms with van der Waals surface area (Å²) in [4.78, 5) is 0. The fourth-order valence-corrected chi connectivity index (χ4v) is 2.14.